The van der Waals surface area contributed by atoms with Gasteiger partial charge in [-0.25, -0.2) is 4.98 Å². The molecule has 0 spiro atoms. The molecule has 0 fully saturated rings. The largest absolute Gasteiger partial charge is 0.335 e. The fourth-order valence-electron chi connectivity index (χ4n) is 3.89. The van der Waals surface area contributed by atoms with Crippen LogP contribution in [0.15, 0.2) is 58.3 Å². The Bertz CT molecular complexity index is 1120. The second kappa shape index (κ2) is 8.55. The molecule has 3 aromatic rings. The first-order chi connectivity index (χ1) is 14.1. The first-order valence-electron chi connectivity index (χ1n) is 9.73. The second-order valence-electron chi connectivity index (χ2n) is 6.96. The fraction of sp³-hybridized carbons (Fsp3) is 0.318. The minimum atomic E-state index is -0.0993. The SMILES string of the molecule is C=CCn1c(SCC(=O)N2CCc3sccc3C2CC)nc2ccccc2c1=O. The van der Waals surface area contributed by atoms with E-state index in [4.69, 9.17) is 0 Å². The molecule has 4 rings (SSSR count). The van der Waals surface area contributed by atoms with Crippen LogP contribution in [0.1, 0.15) is 29.8 Å². The lowest BCUT2D eigenvalue weighted by Gasteiger charge is -2.35. The summed E-state index contributed by atoms with van der Waals surface area (Å²) in [6.45, 7) is 6.99. The van der Waals surface area contributed by atoms with Crippen molar-refractivity contribution in [2.24, 2.45) is 0 Å². The number of thioether (sulfide) groups is 1. The lowest BCUT2D eigenvalue weighted by atomic mass is 9.98. The summed E-state index contributed by atoms with van der Waals surface area (Å²) in [7, 11) is 0. The molecule has 1 atom stereocenters. The summed E-state index contributed by atoms with van der Waals surface area (Å²) in [6, 6.07) is 9.59. The number of aromatic nitrogens is 2. The molecule has 0 radical (unpaired) electrons. The van der Waals surface area contributed by atoms with Crippen molar-refractivity contribution < 1.29 is 4.79 Å². The minimum absolute atomic E-state index is 0.0891. The van der Waals surface area contributed by atoms with Crippen LogP contribution in [0.2, 0.25) is 0 Å². The molecule has 29 heavy (non-hydrogen) atoms. The van der Waals surface area contributed by atoms with Crippen LogP contribution in [0.4, 0.5) is 0 Å². The third kappa shape index (κ3) is 3.76. The Kier molecular flexibility index (Phi) is 5.87. The summed E-state index contributed by atoms with van der Waals surface area (Å²) in [5.41, 5.74) is 1.84. The minimum Gasteiger partial charge on any atom is -0.335 e. The van der Waals surface area contributed by atoms with Gasteiger partial charge >= 0.3 is 0 Å². The van der Waals surface area contributed by atoms with E-state index in [9.17, 15) is 9.59 Å². The van der Waals surface area contributed by atoms with Crippen LogP contribution in [0.3, 0.4) is 0 Å². The maximum absolute atomic E-state index is 13.1. The van der Waals surface area contributed by atoms with Gasteiger partial charge in [-0.2, -0.15) is 0 Å². The number of carbonyl (C=O) groups excluding carboxylic acids is 1. The molecule has 1 unspecified atom stereocenters. The molecule has 0 saturated carbocycles. The van der Waals surface area contributed by atoms with Gasteiger partial charge in [0, 0.05) is 18.0 Å². The van der Waals surface area contributed by atoms with E-state index < -0.39 is 0 Å². The van der Waals surface area contributed by atoms with Crippen LogP contribution in [0, 0.1) is 0 Å². The summed E-state index contributed by atoms with van der Waals surface area (Å²) in [6.07, 6.45) is 3.49. The van der Waals surface area contributed by atoms with E-state index in [1.807, 2.05) is 23.1 Å². The standard InChI is InChI=1S/C22H23N3O2S2/c1-3-11-25-21(27)15-7-5-6-8-17(15)23-22(25)29-14-20(26)24-12-9-19-16(10-13-28-19)18(24)4-2/h3,5-8,10,13,18H,1,4,9,11-12,14H2,2H3. The number of amides is 1. The molecule has 0 bridgehead atoms. The van der Waals surface area contributed by atoms with E-state index in [-0.39, 0.29) is 23.3 Å². The van der Waals surface area contributed by atoms with Crippen molar-refractivity contribution in [2.75, 3.05) is 12.3 Å². The number of carbonyl (C=O) groups is 1. The summed E-state index contributed by atoms with van der Waals surface area (Å²) < 4.78 is 1.60. The third-order valence-electron chi connectivity index (χ3n) is 5.26. The molecule has 1 aromatic carbocycles. The number of hydrogen-bond acceptors (Lipinski definition) is 5. The van der Waals surface area contributed by atoms with E-state index >= 15 is 0 Å². The fourth-order valence-corrected chi connectivity index (χ4v) is 5.72. The summed E-state index contributed by atoms with van der Waals surface area (Å²) in [5, 5.41) is 3.25. The number of benzene rings is 1. The van der Waals surface area contributed by atoms with Crippen molar-refractivity contribution in [3.8, 4) is 0 Å². The maximum Gasteiger partial charge on any atom is 0.262 e. The molecular formula is C22H23N3O2S2. The van der Waals surface area contributed by atoms with E-state index in [0.717, 1.165) is 19.4 Å². The van der Waals surface area contributed by atoms with Crippen molar-refractivity contribution in [3.05, 3.63) is 69.2 Å². The predicted molar refractivity (Wildman–Crippen MR) is 120 cm³/mol. The Hall–Kier alpha value is -2.38. The quantitative estimate of drug-likeness (QED) is 0.336. The van der Waals surface area contributed by atoms with E-state index in [1.54, 1.807) is 28.0 Å². The Morgan fingerprint density at radius 3 is 3.00 bits per heavy atom. The van der Waals surface area contributed by atoms with Gasteiger partial charge in [0.2, 0.25) is 5.91 Å². The second-order valence-corrected chi connectivity index (χ2v) is 8.91. The van der Waals surface area contributed by atoms with E-state index in [2.05, 4.69) is 29.9 Å². The normalized spacial score (nSPS) is 16.0. The average molecular weight is 426 g/mol. The van der Waals surface area contributed by atoms with Crippen LogP contribution in [0.5, 0.6) is 0 Å². The topological polar surface area (TPSA) is 55.2 Å². The highest BCUT2D eigenvalue weighted by Gasteiger charge is 2.30. The highest BCUT2D eigenvalue weighted by atomic mass is 32.2. The Labute approximate surface area is 178 Å². The molecule has 0 saturated heterocycles. The van der Waals surface area contributed by atoms with Gasteiger partial charge < -0.3 is 4.90 Å². The van der Waals surface area contributed by atoms with Gasteiger partial charge in [-0.15, -0.1) is 17.9 Å². The average Bonchev–Trinajstić information content (AvgIpc) is 3.22. The molecule has 2 aromatic heterocycles. The lowest BCUT2D eigenvalue weighted by molar-refractivity contribution is -0.131. The van der Waals surface area contributed by atoms with Gasteiger partial charge in [-0.3, -0.25) is 14.2 Å². The van der Waals surface area contributed by atoms with Crippen molar-refractivity contribution in [1.29, 1.82) is 0 Å². The van der Waals surface area contributed by atoms with Crippen molar-refractivity contribution in [3.63, 3.8) is 0 Å². The molecule has 5 nitrogen and oxygen atoms in total. The lowest BCUT2D eigenvalue weighted by Crippen LogP contribution is -2.40. The Morgan fingerprint density at radius 2 is 2.21 bits per heavy atom. The number of rotatable bonds is 6. The summed E-state index contributed by atoms with van der Waals surface area (Å²) in [4.78, 5) is 33.9. The van der Waals surface area contributed by atoms with Crippen LogP contribution in [0.25, 0.3) is 10.9 Å². The first kappa shape index (κ1) is 19.9. The molecule has 7 heteroatoms. The zero-order valence-electron chi connectivity index (χ0n) is 16.3. The van der Waals surface area contributed by atoms with Crippen molar-refractivity contribution >= 4 is 39.9 Å². The zero-order chi connectivity index (χ0) is 20.4. The molecule has 1 aliphatic heterocycles. The van der Waals surface area contributed by atoms with Gasteiger partial charge in [0.1, 0.15) is 0 Å². The molecule has 0 N–H and O–H groups in total. The van der Waals surface area contributed by atoms with Crippen LogP contribution in [-0.2, 0) is 17.8 Å². The zero-order valence-corrected chi connectivity index (χ0v) is 18.0. The van der Waals surface area contributed by atoms with E-state index in [0.29, 0.717) is 22.6 Å². The van der Waals surface area contributed by atoms with Crippen LogP contribution >= 0.6 is 23.1 Å². The highest BCUT2D eigenvalue weighted by molar-refractivity contribution is 7.99. The van der Waals surface area contributed by atoms with Gasteiger partial charge in [0.15, 0.2) is 5.16 Å². The van der Waals surface area contributed by atoms with Crippen LogP contribution in [-0.4, -0.2) is 32.7 Å². The molecule has 0 aliphatic carbocycles. The molecule has 1 amide bonds. The van der Waals surface area contributed by atoms with Gasteiger partial charge in [0.05, 0.1) is 22.7 Å². The van der Waals surface area contributed by atoms with E-state index in [1.165, 1.54) is 22.2 Å². The number of para-hydroxylation sites is 1. The number of nitrogens with zero attached hydrogens (tertiary/aromatic N) is 3. The Morgan fingerprint density at radius 1 is 1.38 bits per heavy atom. The van der Waals surface area contributed by atoms with Crippen molar-refractivity contribution in [1.82, 2.24) is 14.5 Å². The first-order valence-corrected chi connectivity index (χ1v) is 11.6. The number of thiophene rings is 1. The maximum atomic E-state index is 13.1. The van der Waals surface area contributed by atoms with Crippen LogP contribution < -0.4 is 5.56 Å². The predicted octanol–water partition coefficient (Wildman–Crippen LogP) is 4.27. The van der Waals surface area contributed by atoms with Gasteiger partial charge in [0.25, 0.3) is 5.56 Å². The molecule has 3 heterocycles. The number of allylic oxidation sites excluding steroid dienone is 1. The third-order valence-corrected chi connectivity index (χ3v) is 7.22. The smallest absolute Gasteiger partial charge is 0.262 e. The summed E-state index contributed by atoms with van der Waals surface area (Å²) in [5.74, 6) is 0.351. The molecule has 1 aliphatic rings. The monoisotopic (exact) mass is 425 g/mol. The summed E-state index contributed by atoms with van der Waals surface area (Å²) >= 11 is 3.11. The van der Waals surface area contributed by atoms with Gasteiger partial charge in [-0.05, 0) is 42.0 Å². The molecule has 150 valence electrons. The number of hydrogen-bond donors (Lipinski definition) is 0. The number of fused-ring (bicyclic) bond motifs is 2. The molecular weight excluding hydrogens is 402 g/mol. The van der Waals surface area contributed by atoms with Crippen molar-refractivity contribution in [2.45, 2.75) is 37.5 Å². The van der Waals surface area contributed by atoms with Gasteiger partial charge in [-0.1, -0.05) is 36.9 Å². The Balaban J connectivity index is 1.58. The highest BCUT2D eigenvalue weighted by Crippen LogP contribution is 2.35.